The molecule has 31 heavy (non-hydrogen) atoms. The van der Waals surface area contributed by atoms with Gasteiger partial charge in [0, 0.05) is 12.2 Å². The maximum Gasteiger partial charge on any atom is 0.421 e. The number of nitrogens with one attached hydrogen (secondary N) is 2. The number of rotatable bonds is 8. The van der Waals surface area contributed by atoms with E-state index in [1.165, 1.54) is 19.2 Å². The van der Waals surface area contributed by atoms with E-state index in [0.29, 0.717) is 11.8 Å². The number of methoxy groups -OCH3 is 1. The summed E-state index contributed by atoms with van der Waals surface area (Å²) in [5, 5.41) is 23.9. The average Bonchev–Trinajstić information content (AvgIpc) is 3.51. The molecular weight excluding hydrogens is 417 g/mol. The quantitative estimate of drug-likeness (QED) is 0.490. The minimum Gasteiger partial charge on any atom is -0.495 e. The van der Waals surface area contributed by atoms with Crippen LogP contribution in [0.15, 0.2) is 18.3 Å². The van der Waals surface area contributed by atoms with Gasteiger partial charge in [-0.3, -0.25) is 4.79 Å². The lowest BCUT2D eigenvalue weighted by Gasteiger charge is -2.17. The molecular formula is C19H19F3N6O3. The molecule has 0 spiro atoms. The van der Waals surface area contributed by atoms with E-state index in [2.05, 4.69) is 20.6 Å². The van der Waals surface area contributed by atoms with Crippen LogP contribution in [-0.2, 0) is 17.4 Å². The molecule has 0 amide bonds. The Bertz CT molecular complexity index is 1030. The minimum atomic E-state index is -4.62. The van der Waals surface area contributed by atoms with Crippen LogP contribution in [-0.4, -0.2) is 40.2 Å². The van der Waals surface area contributed by atoms with Crippen LogP contribution in [0.1, 0.15) is 29.5 Å². The summed E-state index contributed by atoms with van der Waals surface area (Å²) >= 11 is 0. The average molecular weight is 436 g/mol. The fourth-order valence-corrected chi connectivity index (χ4v) is 2.79. The second-order valence-electron chi connectivity index (χ2n) is 6.97. The molecule has 0 aliphatic heterocycles. The first kappa shape index (κ1) is 22.1. The molecule has 1 fully saturated rings. The lowest BCUT2D eigenvalue weighted by Crippen LogP contribution is -2.32. The highest BCUT2D eigenvalue weighted by Gasteiger charge is 2.37. The number of nitrogens with two attached hydrogens (primary N) is 1. The van der Waals surface area contributed by atoms with Crippen molar-refractivity contribution >= 4 is 23.4 Å². The molecule has 1 aromatic carbocycles. The maximum absolute atomic E-state index is 13.3. The molecule has 1 aliphatic rings. The second kappa shape index (κ2) is 8.65. The van der Waals surface area contributed by atoms with Crippen LogP contribution in [0.2, 0.25) is 0 Å². The number of hydrogen-bond donors (Lipinski definition) is 4. The minimum absolute atomic E-state index is 0.0682. The van der Waals surface area contributed by atoms with Gasteiger partial charge in [0.1, 0.15) is 23.2 Å². The molecule has 164 valence electrons. The van der Waals surface area contributed by atoms with Gasteiger partial charge in [-0.15, -0.1) is 0 Å². The molecule has 2 aromatic rings. The van der Waals surface area contributed by atoms with Crippen molar-refractivity contribution in [1.82, 2.24) is 9.97 Å². The van der Waals surface area contributed by atoms with Gasteiger partial charge < -0.3 is 26.2 Å². The SMILES string of the molecule is COc1cc(CC(N)C(=O)O)c(C#N)cc1Nc1ncc(C(F)(F)F)c(NC2CC2)n1. The van der Waals surface area contributed by atoms with Gasteiger partial charge in [-0.05, 0) is 37.0 Å². The molecule has 1 unspecified atom stereocenters. The van der Waals surface area contributed by atoms with Gasteiger partial charge in [-0.2, -0.15) is 23.4 Å². The van der Waals surface area contributed by atoms with Crippen LogP contribution < -0.4 is 21.1 Å². The van der Waals surface area contributed by atoms with Crippen molar-refractivity contribution in [2.75, 3.05) is 17.7 Å². The molecule has 1 aliphatic carbocycles. The Morgan fingerprint density at radius 3 is 2.71 bits per heavy atom. The van der Waals surface area contributed by atoms with Gasteiger partial charge in [0.15, 0.2) is 0 Å². The highest BCUT2D eigenvalue weighted by atomic mass is 19.4. The van der Waals surface area contributed by atoms with Crippen molar-refractivity contribution in [2.24, 2.45) is 5.73 Å². The summed E-state index contributed by atoms with van der Waals surface area (Å²) < 4.78 is 45.0. The van der Waals surface area contributed by atoms with Crippen molar-refractivity contribution in [2.45, 2.75) is 37.5 Å². The van der Waals surface area contributed by atoms with Gasteiger partial charge in [-0.25, -0.2) is 4.98 Å². The Morgan fingerprint density at radius 2 is 2.16 bits per heavy atom. The summed E-state index contributed by atoms with van der Waals surface area (Å²) in [4.78, 5) is 18.7. The van der Waals surface area contributed by atoms with Crippen LogP contribution in [0.3, 0.4) is 0 Å². The van der Waals surface area contributed by atoms with Crippen LogP contribution in [0.25, 0.3) is 0 Å². The number of benzene rings is 1. The third kappa shape index (κ3) is 5.32. The molecule has 12 heteroatoms. The standard InChI is InChI=1S/C19H19F3N6O3/c1-31-15-6-9(4-13(24)17(29)30)10(7-23)5-14(15)27-18-25-8-12(19(20,21)22)16(28-18)26-11-2-3-11/h5-6,8,11,13H,2-4,24H2,1H3,(H,29,30)(H2,25,26,27,28). The first-order valence-corrected chi connectivity index (χ1v) is 9.19. The van der Waals surface area contributed by atoms with Crippen molar-refractivity contribution in [3.05, 3.63) is 35.0 Å². The van der Waals surface area contributed by atoms with Gasteiger partial charge >= 0.3 is 12.1 Å². The first-order valence-electron chi connectivity index (χ1n) is 9.19. The monoisotopic (exact) mass is 436 g/mol. The number of halogens is 3. The largest absolute Gasteiger partial charge is 0.495 e. The number of carbonyl (C=O) groups is 1. The summed E-state index contributed by atoms with van der Waals surface area (Å²) in [6.45, 7) is 0. The van der Waals surface area contributed by atoms with Gasteiger partial charge in [0.2, 0.25) is 5.95 Å². The zero-order chi connectivity index (χ0) is 22.8. The number of carboxylic acid groups (broad SMARTS) is 1. The Kier molecular flexibility index (Phi) is 6.16. The summed E-state index contributed by atoms with van der Waals surface area (Å²) in [6.07, 6.45) is -2.54. The fourth-order valence-electron chi connectivity index (χ4n) is 2.79. The fraction of sp³-hybridized carbons (Fsp3) is 0.368. The molecule has 3 rings (SSSR count). The Balaban J connectivity index is 1.94. The summed E-state index contributed by atoms with van der Waals surface area (Å²) in [5.74, 6) is -1.48. The normalized spacial score (nSPS) is 14.5. The smallest absolute Gasteiger partial charge is 0.421 e. The number of nitriles is 1. The number of carboxylic acids is 1. The number of aliphatic carboxylic acids is 1. The van der Waals surface area contributed by atoms with Gasteiger partial charge in [0.25, 0.3) is 0 Å². The summed E-state index contributed by atoms with van der Waals surface area (Å²) in [6, 6.07) is 3.47. The van der Waals surface area contributed by atoms with E-state index in [4.69, 9.17) is 15.6 Å². The number of alkyl halides is 3. The van der Waals surface area contributed by atoms with Crippen molar-refractivity contribution in [1.29, 1.82) is 5.26 Å². The predicted molar refractivity (Wildman–Crippen MR) is 104 cm³/mol. The zero-order valence-electron chi connectivity index (χ0n) is 16.3. The molecule has 1 heterocycles. The zero-order valence-corrected chi connectivity index (χ0v) is 16.3. The first-order chi connectivity index (χ1) is 14.6. The summed E-state index contributed by atoms with van der Waals surface area (Å²) in [5.41, 5.74) is 5.28. The maximum atomic E-state index is 13.3. The van der Waals surface area contributed by atoms with Gasteiger partial charge in [0.05, 0.1) is 24.4 Å². The van der Waals surface area contributed by atoms with Crippen molar-refractivity contribution in [3.63, 3.8) is 0 Å². The van der Waals surface area contributed by atoms with E-state index in [9.17, 15) is 23.2 Å². The Morgan fingerprint density at radius 1 is 1.45 bits per heavy atom. The van der Waals surface area contributed by atoms with Crippen molar-refractivity contribution in [3.8, 4) is 11.8 Å². The number of nitrogens with zero attached hydrogens (tertiary/aromatic N) is 3. The molecule has 9 nitrogen and oxygen atoms in total. The third-order valence-corrected chi connectivity index (χ3v) is 4.56. The number of aromatic nitrogens is 2. The van der Waals surface area contributed by atoms with E-state index >= 15 is 0 Å². The van der Waals surface area contributed by atoms with Crippen LogP contribution in [0, 0.1) is 11.3 Å². The molecule has 0 saturated heterocycles. The molecule has 1 aromatic heterocycles. The molecule has 0 radical (unpaired) electrons. The molecule has 5 N–H and O–H groups in total. The van der Waals surface area contributed by atoms with Gasteiger partial charge in [-0.1, -0.05) is 0 Å². The molecule has 1 saturated carbocycles. The number of ether oxygens (including phenoxy) is 1. The van der Waals surface area contributed by atoms with Crippen LogP contribution in [0.4, 0.5) is 30.6 Å². The van der Waals surface area contributed by atoms with E-state index < -0.39 is 23.8 Å². The van der Waals surface area contributed by atoms with E-state index in [1.54, 1.807) is 0 Å². The van der Waals surface area contributed by atoms with Crippen molar-refractivity contribution < 1.29 is 27.8 Å². The second-order valence-corrected chi connectivity index (χ2v) is 6.97. The van der Waals surface area contributed by atoms with E-state index in [0.717, 1.165) is 12.8 Å². The topological polar surface area (TPSA) is 146 Å². The number of hydrogen-bond acceptors (Lipinski definition) is 8. The van der Waals surface area contributed by atoms with Crippen LogP contribution in [0.5, 0.6) is 5.75 Å². The van der Waals surface area contributed by atoms with E-state index in [1.807, 2.05) is 6.07 Å². The Hall–Kier alpha value is -3.59. The Labute approximate surface area is 175 Å². The lowest BCUT2D eigenvalue weighted by atomic mass is 10.00. The molecule has 1 atom stereocenters. The summed E-state index contributed by atoms with van der Waals surface area (Å²) in [7, 11) is 1.35. The highest BCUT2D eigenvalue weighted by Crippen LogP contribution is 2.37. The molecule has 0 bridgehead atoms. The lowest BCUT2D eigenvalue weighted by molar-refractivity contribution is -0.139. The predicted octanol–water partition coefficient (Wildman–Crippen LogP) is 2.65. The van der Waals surface area contributed by atoms with E-state index in [-0.39, 0.29) is 41.2 Å². The highest BCUT2D eigenvalue weighted by molar-refractivity contribution is 5.74. The van der Waals surface area contributed by atoms with Crippen LogP contribution >= 0.6 is 0 Å². The third-order valence-electron chi connectivity index (χ3n) is 4.56. The number of anilines is 3.